The van der Waals surface area contributed by atoms with Gasteiger partial charge in [0.05, 0.1) is 6.42 Å². The highest BCUT2D eigenvalue weighted by Gasteiger charge is 2.10. The van der Waals surface area contributed by atoms with Crippen LogP contribution in [-0.2, 0) is 17.8 Å². The zero-order valence-corrected chi connectivity index (χ0v) is 13.5. The van der Waals surface area contributed by atoms with Crippen molar-refractivity contribution in [2.75, 3.05) is 18.4 Å². The van der Waals surface area contributed by atoms with Crippen LogP contribution in [0.2, 0.25) is 0 Å². The molecule has 0 aliphatic carbocycles. The van der Waals surface area contributed by atoms with Gasteiger partial charge in [0.25, 0.3) is 0 Å². The summed E-state index contributed by atoms with van der Waals surface area (Å²) >= 11 is 0. The Hall–Kier alpha value is -2.13. The quantitative estimate of drug-likeness (QED) is 0.910. The molecule has 1 N–H and O–H groups in total. The van der Waals surface area contributed by atoms with Crippen LogP contribution in [-0.4, -0.2) is 23.9 Å². The molecule has 1 aliphatic rings. The molecule has 3 nitrogen and oxygen atoms in total. The van der Waals surface area contributed by atoms with Gasteiger partial charge < -0.3 is 5.32 Å². The van der Waals surface area contributed by atoms with Gasteiger partial charge in [0.1, 0.15) is 0 Å². The summed E-state index contributed by atoms with van der Waals surface area (Å²) in [5, 5.41) is 2.97. The summed E-state index contributed by atoms with van der Waals surface area (Å²) in [5.41, 5.74) is 3.22. The molecule has 2 aromatic rings. The maximum atomic E-state index is 12.1. The minimum Gasteiger partial charge on any atom is -0.326 e. The van der Waals surface area contributed by atoms with Gasteiger partial charge in [-0.05, 0) is 49.2 Å². The van der Waals surface area contributed by atoms with E-state index in [4.69, 9.17) is 0 Å². The van der Waals surface area contributed by atoms with E-state index in [1.54, 1.807) is 0 Å². The molecule has 0 aromatic heterocycles. The SMILES string of the molecule is O=C(Cc1ccccc1)Nc1ccc(CN2CCCCC2)cc1. The van der Waals surface area contributed by atoms with E-state index >= 15 is 0 Å². The summed E-state index contributed by atoms with van der Waals surface area (Å²) in [6.07, 6.45) is 4.40. The number of nitrogens with zero attached hydrogens (tertiary/aromatic N) is 1. The van der Waals surface area contributed by atoms with Crippen molar-refractivity contribution < 1.29 is 4.79 Å². The maximum Gasteiger partial charge on any atom is 0.228 e. The number of nitrogens with one attached hydrogen (secondary N) is 1. The van der Waals surface area contributed by atoms with Gasteiger partial charge in [-0.2, -0.15) is 0 Å². The number of benzene rings is 2. The lowest BCUT2D eigenvalue weighted by Gasteiger charge is -2.26. The van der Waals surface area contributed by atoms with Crippen molar-refractivity contribution in [2.24, 2.45) is 0 Å². The Kier molecular flexibility index (Phi) is 5.43. The van der Waals surface area contributed by atoms with Crippen LogP contribution in [0, 0.1) is 0 Å². The van der Waals surface area contributed by atoms with Crippen molar-refractivity contribution in [1.29, 1.82) is 0 Å². The number of hydrogen-bond acceptors (Lipinski definition) is 2. The van der Waals surface area contributed by atoms with Crippen molar-refractivity contribution in [2.45, 2.75) is 32.2 Å². The highest BCUT2D eigenvalue weighted by molar-refractivity contribution is 5.92. The number of piperidine rings is 1. The molecular weight excluding hydrogens is 284 g/mol. The summed E-state index contributed by atoms with van der Waals surface area (Å²) < 4.78 is 0. The molecule has 0 bridgehead atoms. The Balaban J connectivity index is 1.51. The van der Waals surface area contributed by atoms with Gasteiger partial charge in [0.2, 0.25) is 5.91 Å². The van der Waals surface area contributed by atoms with Gasteiger partial charge in [-0.3, -0.25) is 9.69 Å². The van der Waals surface area contributed by atoms with Gasteiger partial charge in [0.15, 0.2) is 0 Å². The fourth-order valence-corrected chi connectivity index (χ4v) is 3.06. The molecule has 1 fully saturated rings. The number of carbonyl (C=O) groups excluding carboxylic acids is 1. The molecule has 0 spiro atoms. The van der Waals surface area contributed by atoms with Crippen molar-refractivity contribution in [3.63, 3.8) is 0 Å². The van der Waals surface area contributed by atoms with Gasteiger partial charge in [-0.15, -0.1) is 0 Å². The Labute approximate surface area is 138 Å². The second-order valence-electron chi connectivity index (χ2n) is 6.24. The van der Waals surface area contributed by atoms with Crippen LogP contribution in [0.4, 0.5) is 5.69 Å². The number of amides is 1. The molecular formula is C20H24N2O. The van der Waals surface area contributed by atoms with Crippen LogP contribution in [0.25, 0.3) is 0 Å². The topological polar surface area (TPSA) is 32.3 Å². The van der Waals surface area contributed by atoms with E-state index in [2.05, 4.69) is 22.3 Å². The van der Waals surface area contributed by atoms with E-state index in [0.29, 0.717) is 6.42 Å². The summed E-state index contributed by atoms with van der Waals surface area (Å²) in [4.78, 5) is 14.6. The van der Waals surface area contributed by atoms with Gasteiger partial charge in [0, 0.05) is 12.2 Å². The third kappa shape index (κ3) is 4.93. The van der Waals surface area contributed by atoms with E-state index in [9.17, 15) is 4.79 Å². The number of carbonyl (C=O) groups is 1. The largest absolute Gasteiger partial charge is 0.326 e. The number of anilines is 1. The number of likely N-dealkylation sites (tertiary alicyclic amines) is 1. The van der Waals surface area contributed by atoms with E-state index in [1.807, 2.05) is 42.5 Å². The standard InChI is InChI=1S/C20H24N2O/c23-20(15-17-7-3-1-4-8-17)21-19-11-9-18(10-12-19)16-22-13-5-2-6-14-22/h1,3-4,7-12H,2,5-6,13-16H2,(H,21,23). The summed E-state index contributed by atoms with van der Waals surface area (Å²) in [6.45, 7) is 3.42. The number of rotatable bonds is 5. The first-order valence-electron chi connectivity index (χ1n) is 8.45. The Morgan fingerprint density at radius 1 is 0.870 bits per heavy atom. The number of hydrogen-bond donors (Lipinski definition) is 1. The summed E-state index contributed by atoms with van der Waals surface area (Å²) in [7, 11) is 0. The van der Waals surface area contributed by atoms with Crippen LogP contribution in [0.3, 0.4) is 0 Å². The zero-order valence-electron chi connectivity index (χ0n) is 13.5. The molecule has 0 atom stereocenters. The van der Waals surface area contributed by atoms with Crippen LogP contribution >= 0.6 is 0 Å². The van der Waals surface area contributed by atoms with E-state index < -0.39 is 0 Å². The van der Waals surface area contributed by atoms with Crippen molar-refractivity contribution in [3.8, 4) is 0 Å². The normalized spacial score (nSPS) is 15.3. The first-order valence-corrected chi connectivity index (χ1v) is 8.45. The lowest BCUT2D eigenvalue weighted by molar-refractivity contribution is -0.115. The molecule has 0 radical (unpaired) electrons. The minimum atomic E-state index is 0.0278. The minimum absolute atomic E-state index is 0.0278. The fourth-order valence-electron chi connectivity index (χ4n) is 3.06. The second kappa shape index (κ2) is 7.93. The Morgan fingerprint density at radius 2 is 1.57 bits per heavy atom. The molecule has 1 heterocycles. The molecule has 1 saturated heterocycles. The van der Waals surface area contributed by atoms with E-state index in [1.165, 1.54) is 37.9 Å². The maximum absolute atomic E-state index is 12.1. The van der Waals surface area contributed by atoms with Crippen LogP contribution in [0.15, 0.2) is 54.6 Å². The monoisotopic (exact) mass is 308 g/mol. The lowest BCUT2D eigenvalue weighted by Crippen LogP contribution is -2.29. The average molecular weight is 308 g/mol. The fraction of sp³-hybridized carbons (Fsp3) is 0.350. The molecule has 2 aromatic carbocycles. The molecule has 0 unspecified atom stereocenters. The molecule has 0 saturated carbocycles. The Morgan fingerprint density at radius 3 is 2.26 bits per heavy atom. The Bertz CT molecular complexity index is 616. The molecule has 120 valence electrons. The third-order valence-corrected chi connectivity index (χ3v) is 4.30. The molecule has 3 rings (SSSR count). The predicted octanol–water partition coefficient (Wildman–Crippen LogP) is 3.85. The van der Waals surface area contributed by atoms with Crippen molar-refractivity contribution in [1.82, 2.24) is 4.90 Å². The van der Waals surface area contributed by atoms with Gasteiger partial charge in [-0.25, -0.2) is 0 Å². The van der Waals surface area contributed by atoms with Gasteiger partial charge in [-0.1, -0.05) is 48.9 Å². The van der Waals surface area contributed by atoms with E-state index in [-0.39, 0.29) is 5.91 Å². The second-order valence-corrected chi connectivity index (χ2v) is 6.24. The third-order valence-electron chi connectivity index (χ3n) is 4.30. The first-order chi connectivity index (χ1) is 11.3. The molecule has 1 amide bonds. The molecule has 3 heteroatoms. The lowest BCUT2D eigenvalue weighted by atomic mass is 10.1. The van der Waals surface area contributed by atoms with Gasteiger partial charge >= 0.3 is 0 Å². The average Bonchev–Trinajstić information content (AvgIpc) is 2.58. The molecule has 23 heavy (non-hydrogen) atoms. The smallest absolute Gasteiger partial charge is 0.228 e. The van der Waals surface area contributed by atoms with Crippen LogP contribution in [0.1, 0.15) is 30.4 Å². The highest BCUT2D eigenvalue weighted by Crippen LogP contribution is 2.15. The van der Waals surface area contributed by atoms with Crippen LogP contribution < -0.4 is 5.32 Å². The zero-order chi connectivity index (χ0) is 15.9. The predicted molar refractivity (Wildman–Crippen MR) is 94.3 cm³/mol. The van der Waals surface area contributed by atoms with Crippen molar-refractivity contribution in [3.05, 3.63) is 65.7 Å². The van der Waals surface area contributed by atoms with Crippen molar-refractivity contribution >= 4 is 11.6 Å². The summed E-state index contributed by atoms with van der Waals surface area (Å²) in [5.74, 6) is 0.0278. The molecule has 1 aliphatic heterocycles. The van der Waals surface area contributed by atoms with E-state index in [0.717, 1.165) is 17.8 Å². The highest BCUT2D eigenvalue weighted by atomic mass is 16.1. The first kappa shape index (κ1) is 15.8. The van der Waals surface area contributed by atoms with Crippen LogP contribution in [0.5, 0.6) is 0 Å². The summed E-state index contributed by atoms with van der Waals surface area (Å²) in [6, 6.07) is 18.1.